The number of nitrogens with zero attached hydrogens (tertiary/aromatic N) is 2. The van der Waals surface area contributed by atoms with Crippen molar-refractivity contribution in [3.8, 4) is 11.4 Å². The van der Waals surface area contributed by atoms with Gasteiger partial charge in [0, 0.05) is 16.5 Å². The monoisotopic (exact) mass is 356 g/mol. The lowest BCUT2D eigenvalue weighted by atomic mass is 9.86. The standard InChI is InChI=1S/C14H14BrFN2O3/c1-14(2,7-12(19)20)6-11-17-13(18-21-11)8-3-9(15)5-10(16)4-8/h3-5H,6-7H2,1-2H3,(H,19,20). The molecule has 0 aliphatic rings. The first-order chi connectivity index (χ1) is 9.75. The molecule has 1 aromatic heterocycles. The van der Waals surface area contributed by atoms with Crippen LogP contribution in [0.1, 0.15) is 26.2 Å². The summed E-state index contributed by atoms with van der Waals surface area (Å²) in [6.45, 7) is 3.62. The van der Waals surface area contributed by atoms with E-state index in [2.05, 4.69) is 26.1 Å². The van der Waals surface area contributed by atoms with E-state index in [0.717, 1.165) is 0 Å². The summed E-state index contributed by atoms with van der Waals surface area (Å²) >= 11 is 3.20. The lowest BCUT2D eigenvalue weighted by molar-refractivity contribution is -0.139. The molecule has 1 aromatic carbocycles. The van der Waals surface area contributed by atoms with Crippen LogP contribution in [0.2, 0.25) is 0 Å². The number of aliphatic carboxylic acids is 1. The predicted octanol–water partition coefficient (Wildman–Crippen LogP) is 3.68. The Morgan fingerprint density at radius 1 is 1.43 bits per heavy atom. The number of carboxylic acid groups (broad SMARTS) is 1. The van der Waals surface area contributed by atoms with E-state index < -0.39 is 17.2 Å². The molecule has 112 valence electrons. The molecule has 0 unspecified atom stereocenters. The van der Waals surface area contributed by atoms with Crippen molar-refractivity contribution in [2.75, 3.05) is 0 Å². The maximum atomic E-state index is 13.4. The summed E-state index contributed by atoms with van der Waals surface area (Å²) in [5.74, 6) is -0.682. The van der Waals surface area contributed by atoms with Crippen molar-refractivity contribution in [2.45, 2.75) is 26.7 Å². The van der Waals surface area contributed by atoms with E-state index in [0.29, 0.717) is 22.3 Å². The van der Waals surface area contributed by atoms with Crippen molar-refractivity contribution in [3.63, 3.8) is 0 Å². The normalized spacial score (nSPS) is 11.6. The first-order valence-electron chi connectivity index (χ1n) is 6.26. The quantitative estimate of drug-likeness (QED) is 0.883. The second-order valence-corrected chi connectivity index (χ2v) is 6.50. The topological polar surface area (TPSA) is 76.2 Å². The fourth-order valence-electron chi connectivity index (χ4n) is 2.01. The van der Waals surface area contributed by atoms with Crippen LogP contribution in [0.4, 0.5) is 4.39 Å². The predicted molar refractivity (Wildman–Crippen MR) is 77.1 cm³/mol. The molecule has 0 fully saturated rings. The van der Waals surface area contributed by atoms with E-state index in [1.807, 2.05) is 13.8 Å². The van der Waals surface area contributed by atoms with Gasteiger partial charge in [-0.15, -0.1) is 0 Å². The van der Waals surface area contributed by atoms with Crippen LogP contribution in [0.15, 0.2) is 27.2 Å². The lowest BCUT2D eigenvalue weighted by Crippen LogP contribution is -2.19. The molecule has 7 heteroatoms. The smallest absolute Gasteiger partial charge is 0.303 e. The van der Waals surface area contributed by atoms with Gasteiger partial charge in [-0.05, 0) is 23.6 Å². The number of carbonyl (C=O) groups is 1. The van der Waals surface area contributed by atoms with Crippen molar-refractivity contribution >= 4 is 21.9 Å². The van der Waals surface area contributed by atoms with Crippen LogP contribution in [-0.4, -0.2) is 21.2 Å². The van der Waals surface area contributed by atoms with Gasteiger partial charge in [0.2, 0.25) is 11.7 Å². The van der Waals surface area contributed by atoms with E-state index in [1.165, 1.54) is 12.1 Å². The van der Waals surface area contributed by atoms with Gasteiger partial charge in [0.15, 0.2) is 0 Å². The van der Waals surface area contributed by atoms with E-state index in [1.54, 1.807) is 6.07 Å². The third-order valence-corrected chi connectivity index (χ3v) is 3.31. The average molecular weight is 357 g/mol. The average Bonchev–Trinajstić information content (AvgIpc) is 2.73. The van der Waals surface area contributed by atoms with E-state index in [9.17, 15) is 9.18 Å². The van der Waals surface area contributed by atoms with Crippen LogP contribution in [0.25, 0.3) is 11.4 Å². The fourth-order valence-corrected chi connectivity index (χ4v) is 2.47. The van der Waals surface area contributed by atoms with Crippen molar-refractivity contribution in [3.05, 3.63) is 34.4 Å². The van der Waals surface area contributed by atoms with Gasteiger partial charge >= 0.3 is 5.97 Å². The van der Waals surface area contributed by atoms with Gasteiger partial charge in [-0.2, -0.15) is 4.98 Å². The largest absolute Gasteiger partial charge is 0.481 e. The number of rotatable bonds is 5. The highest BCUT2D eigenvalue weighted by molar-refractivity contribution is 9.10. The van der Waals surface area contributed by atoms with Crippen LogP contribution in [-0.2, 0) is 11.2 Å². The second kappa shape index (κ2) is 5.93. The lowest BCUT2D eigenvalue weighted by Gasteiger charge is -2.19. The van der Waals surface area contributed by atoms with E-state index in [4.69, 9.17) is 9.63 Å². The number of benzene rings is 1. The Hall–Kier alpha value is -1.76. The highest BCUT2D eigenvalue weighted by atomic mass is 79.9. The Labute approximate surface area is 129 Å². The Bertz CT molecular complexity index is 650. The molecule has 0 saturated heterocycles. The maximum absolute atomic E-state index is 13.4. The van der Waals surface area contributed by atoms with Gasteiger partial charge in [-0.1, -0.05) is 34.9 Å². The Morgan fingerprint density at radius 2 is 2.14 bits per heavy atom. The molecule has 0 atom stereocenters. The van der Waals surface area contributed by atoms with E-state index >= 15 is 0 Å². The van der Waals surface area contributed by atoms with Gasteiger partial charge in [0.1, 0.15) is 5.82 Å². The summed E-state index contributed by atoms with van der Waals surface area (Å²) in [5, 5.41) is 12.7. The molecule has 21 heavy (non-hydrogen) atoms. The van der Waals surface area contributed by atoms with Crippen LogP contribution >= 0.6 is 15.9 Å². The number of hydrogen-bond acceptors (Lipinski definition) is 4. The number of halogens is 2. The van der Waals surface area contributed by atoms with Crippen LogP contribution < -0.4 is 0 Å². The fraction of sp³-hybridized carbons (Fsp3) is 0.357. The summed E-state index contributed by atoms with van der Waals surface area (Å²) in [4.78, 5) is 15.0. The van der Waals surface area contributed by atoms with Crippen molar-refractivity contribution in [1.82, 2.24) is 10.1 Å². The summed E-state index contributed by atoms with van der Waals surface area (Å²) < 4.78 is 19.1. The molecule has 1 N–H and O–H groups in total. The third-order valence-electron chi connectivity index (χ3n) is 2.85. The molecule has 0 radical (unpaired) electrons. The molecule has 0 aliphatic carbocycles. The molecule has 0 aliphatic heterocycles. The highest BCUT2D eigenvalue weighted by Crippen LogP contribution is 2.27. The summed E-state index contributed by atoms with van der Waals surface area (Å²) in [6, 6.07) is 4.32. The first-order valence-corrected chi connectivity index (χ1v) is 7.05. The minimum Gasteiger partial charge on any atom is -0.481 e. The van der Waals surface area contributed by atoms with Gasteiger partial charge < -0.3 is 9.63 Å². The molecule has 1 heterocycles. The van der Waals surface area contributed by atoms with Crippen LogP contribution in [0, 0.1) is 11.2 Å². The summed E-state index contributed by atoms with van der Waals surface area (Å²) in [7, 11) is 0. The minimum atomic E-state index is -0.881. The molecule has 0 amide bonds. The molecule has 2 aromatic rings. The minimum absolute atomic E-state index is 0.00374. The SMILES string of the molecule is CC(C)(CC(=O)O)Cc1nc(-c2cc(F)cc(Br)c2)no1. The summed E-state index contributed by atoms with van der Waals surface area (Å²) in [5.41, 5.74) is -0.00839. The molecule has 0 spiro atoms. The first kappa shape index (κ1) is 15.6. The Balaban J connectivity index is 2.20. The van der Waals surface area contributed by atoms with Crippen LogP contribution in [0.5, 0.6) is 0 Å². The zero-order valence-corrected chi connectivity index (χ0v) is 13.1. The van der Waals surface area contributed by atoms with Crippen LogP contribution in [0.3, 0.4) is 0 Å². The molecule has 0 bridgehead atoms. The molecular weight excluding hydrogens is 343 g/mol. The third kappa shape index (κ3) is 4.35. The van der Waals surface area contributed by atoms with Crippen molar-refractivity contribution < 1.29 is 18.8 Å². The zero-order chi connectivity index (χ0) is 15.6. The summed E-state index contributed by atoms with van der Waals surface area (Å²) in [6.07, 6.45) is 0.332. The van der Waals surface area contributed by atoms with E-state index in [-0.39, 0.29) is 12.2 Å². The van der Waals surface area contributed by atoms with Crippen molar-refractivity contribution in [2.24, 2.45) is 5.41 Å². The number of carboxylic acids is 1. The maximum Gasteiger partial charge on any atom is 0.303 e. The van der Waals surface area contributed by atoms with Gasteiger partial charge in [0.25, 0.3) is 0 Å². The van der Waals surface area contributed by atoms with Gasteiger partial charge in [0.05, 0.1) is 6.42 Å². The number of hydrogen-bond donors (Lipinski definition) is 1. The molecule has 2 rings (SSSR count). The van der Waals surface area contributed by atoms with Gasteiger partial charge in [-0.25, -0.2) is 4.39 Å². The second-order valence-electron chi connectivity index (χ2n) is 5.58. The zero-order valence-electron chi connectivity index (χ0n) is 11.6. The highest BCUT2D eigenvalue weighted by Gasteiger charge is 2.25. The molecule has 5 nitrogen and oxygen atoms in total. The van der Waals surface area contributed by atoms with Crippen molar-refractivity contribution in [1.29, 1.82) is 0 Å². The van der Waals surface area contributed by atoms with Gasteiger partial charge in [-0.3, -0.25) is 4.79 Å². The molecule has 0 saturated carbocycles. The Kier molecular flexibility index (Phi) is 4.41. The molecular formula is C14H14BrFN2O3. The number of aromatic nitrogens is 2. The Morgan fingerprint density at radius 3 is 2.76 bits per heavy atom.